The van der Waals surface area contributed by atoms with E-state index >= 15 is 0 Å². The topological polar surface area (TPSA) is 17.1 Å². The number of Topliss-reactive ketones (excluding diaryl/α,β-unsaturated/α-hetero) is 1. The van der Waals surface area contributed by atoms with Crippen molar-refractivity contribution in [2.75, 3.05) is 5.88 Å². The molecule has 18 heavy (non-hydrogen) atoms. The molecule has 0 aliphatic rings. The first-order valence-corrected chi connectivity index (χ1v) is 7.04. The number of benzene rings is 1. The molecule has 0 fully saturated rings. The second-order valence-corrected chi connectivity index (χ2v) is 6.31. The summed E-state index contributed by atoms with van der Waals surface area (Å²) in [6.07, 6.45) is 1.56. The van der Waals surface area contributed by atoms with Crippen molar-refractivity contribution in [3.05, 3.63) is 35.4 Å². The molecule has 1 unspecified atom stereocenters. The lowest BCUT2D eigenvalue weighted by Crippen LogP contribution is -2.15. The zero-order valence-corrected chi connectivity index (χ0v) is 12.6. The Morgan fingerprint density at radius 1 is 1.22 bits per heavy atom. The minimum atomic E-state index is 0.0583. The number of ketones is 1. The van der Waals surface area contributed by atoms with Gasteiger partial charge in [0.15, 0.2) is 0 Å². The van der Waals surface area contributed by atoms with Crippen molar-refractivity contribution in [1.29, 1.82) is 0 Å². The maximum absolute atomic E-state index is 11.5. The summed E-state index contributed by atoms with van der Waals surface area (Å²) >= 11 is 5.74. The van der Waals surface area contributed by atoms with Crippen LogP contribution in [0.2, 0.25) is 0 Å². The maximum atomic E-state index is 11.5. The first kappa shape index (κ1) is 15.2. The summed E-state index contributed by atoms with van der Waals surface area (Å²) in [4.78, 5) is 11.5. The van der Waals surface area contributed by atoms with Gasteiger partial charge in [-0.05, 0) is 36.3 Å². The minimum Gasteiger partial charge on any atom is -0.300 e. The molecule has 1 atom stereocenters. The van der Waals surface area contributed by atoms with E-state index in [2.05, 4.69) is 45.0 Å². The Morgan fingerprint density at radius 2 is 1.78 bits per heavy atom. The van der Waals surface area contributed by atoms with E-state index in [4.69, 9.17) is 11.6 Å². The number of alkyl halides is 1. The van der Waals surface area contributed by atoms with E-state index < -0.39 is 0 Å². The van der Waals surface area contributed by atoms with Crippen LogP contribution in [0.4, 0.5) is 0 Å². The average molecular weight is 267 g/mol. The van der Waals surface area contributed by atoms with Gasteiger partial charge in [-0.25, -0.2) is 0 Å². The molecule has 1 aromatic rings. The van der Waals surface area contributed by atoms with E-state index in [1.807, 2.05) is 0 Å². The second kappa shape index (κ2) is 6.38. The summed E-state index contributed by atoms with van der Waals surface area (Å²) in [6, 6.07) is 8.58. The molecular weight excluding hydrogens is 244 g/mol. The zero-order chi connectivity index (χ0) is 13.8. The van der Waals surface area contributed by atoms with Gasteiger partial charge in [0.1, 0.15) is 5.78 Å². The summed E-state index contributed by atoms with van der Waals surface area (Å²) in [5, 5.41) is 0. The van der Waals surface area contributed by atoms with Gasteiger partial charge in [-0.2, -0.15) is 0 Å². The van der Waals surface area contributed by atoms with E-state index in [0.717, 1.165) is 12.8 Å². The van der Waals surface area contributed by atoms with Crippen LogP contribution < -0.4 is 0 Å². The Balaban J connectivity index is 2.76. The van der Waals surface area contributed by atoms with Gasteiger partial charge < -0.3 is 0 Å². The zero-order valence-electron chi connectivity index (χ0n) is 11.8. The Kier molecular flexibility index (Phi) is 5.40. The Morgan fingerprint density at radius 3 is 2.17 bits per heavy atom. The van der Waals surface area contributed by atoms with Gasteiger partial charge in [0, 0.05) is 11.8 Å². The molecule has 0 amide bonds. The largest absolute Gasteiger partial charge is 0.300 e. The van der Waals surface area contributed by atoms with Crippen molar-refractivity contribution >= 4 is 17.4 Å². The molecule has 0 bridgehead atoms. The van der Waals surface area contributed by atoms with Gasteiger partial charge in [0.25, 0.3) is 0 Å². The number of halogens is 1. The van der Waals surface area contributed by atoms with Crippen LogP contribution in [0.25, 0.3) is 0 Å². The molecule has 1 aromatic carbocycles. The van der Waals surface area contributed by atoms with Gasteiger partial charge >= 0.3 is 0 Å². The van der Waals surface area contributed by atoms with Gasteiger partial charge in [-0.15, -0.1) is 11.6 Å². The fourth-order valence-electron chi connectivity index (χ4n) is 2.01. The first-order chi connectivity index (χ1) is 8.34. The van der Waals surface area contributed by atoms with E-state index in [0.29, 0.717) is 5.88 Å². The smallest absolute Gasteiger partial charge is 0.133 e. The molecule has 0 aliphatic heterocycles. The third-order valence-corrected chi connectivity index (χ3v) is 3.55. The lowest BCUT2D eigenvalue weighted by molar-refractivity contribution is -0.120. The Bertz CT molecular complexity index is 387. The second-order valence-electron chi connectivity index (χ2n) is 5.94. The summed E-state index contributed by atoms with van der Waals surface area (Å²) in [6.45, 7) is 8.26. The molecule has 0 aromatic heterocycles. The standard InChI is InChI=1S/C16H23ClO/c1-12(18)14(9-10-17)11-13-5-7-15(8-6-13)16(2,3)4/h5-8,14H,9-11H2,1-4H3. The molecule has 0 radical (unpaired) electrons. The highest BCUT2D eigenvalue weighted by Gasteiger charge is 2.16. The Hall–Kier alpha value is -0.820. The van der Waals surface area contributed by atoms with Crippen molar-refractivity contribution in [3.63, 3.8) is 0 Å². The van der Waals surface area contributed by atoms with Crippen molar-refractivity contribution in [1.82, 2.24) is 0 Å². The molecule has 0 saturated heterocycles. The monoisotopic (exact) mass is 266 g/mol. The van der Waals surface area contributed by atoms with Crippen LogP contribution in [0.3, 0.4) is 0 Å². The van der Waals surface area contributed by atoms with Crippen molar-refractivity contribution in [2.45, 2.75) is 46.0 Å². The SMILES string of the molecule is CC(=O)C(CCCl)Cc1ccc(C(C)(C)C)cc1. The molecular formula is C16H23ClO. The van der Waals surface area contributed by atoms with Crippen LogP contribution in [0.15, 0.2) is 24.3 Å². The molecule has 100 valence electrons. The maximum Gasteiger partial charge on any atom is 0.133 e. The van der Waals surface area contributed by atoms with E-state index in [1.165, 1.54) is 11.1 Å². The van der Waals surface area contributed by atoms with Crippen LogP contribution in [0.1, 0.15) is 45.2 Å². The van der Waals surface area contributed by atoms with E-state index in [-0.39, 0.29) is 17.1 Å². The molecule has 0 spiro atoms. The summed E-state index contributed by atoms with van der Waals surface area (Å²) in [5.41, 5.74) is 2.71. The number of carbonyl (C=O) groups excluding carboxylic acids is 1. The number of rotatable bonds is 5. The summed E-state index contributed by atoms with van der Waals surface area (Å²) in [5.74, 6) is 0.836. The highest BCUT2D eigenvalue weighted by molar-refractivity contribution is 6.18. The quantitative estimate of drug-likeness (QED) is 0.724. The van der Waals surface area contributed by atoms with Crippen molar-refractivity contribution < 1.29 is 4.79 Å². The molecule has 2 heteroatoms. The molecule has 1 nitrogen and oxygen atoms in total. The third kappa shape index (κ3) is 4.45. The van der Waals surface area contributed by atoms with Crippen LogP contribution in [-0.2, 0) is 16.6 Å². The molecule has 0 aliphatic carbocycles. The predicted molar refractivity (Wildman–Crippen MR) is 78.4 cm³/mol. The summed E-state index contributed by atoms with van der Waals surface area (Å²) < 4.78 is 0. The average Bonchev–Trinajstić information content (AvgIpc) is 2.28. The highest BCUT2D eigenvalue weighted by atomic mass is 35.5. The lowest BCUT2D eigenvalue weighted by atomic mass is 9.85. The Labute approximate surface area is 116 Å². The van der Waals surface area contributed by atoms with Crippen LogP contribution in [-0.4, -0.2) is 11.7 Å². The summed E-state index contributed by atoms with van der Waals surface area (Å²) in [7, 11) is 0. The van der Waals surface area contributed by atoms with Gasteiger partial charge in [0.05, 0.1) is 0 Å². The minimum absolute atomic E-state index is 0.0583. The molecule has 0 N–H and O–H groups in total. The first-order valence-electron chi connectivity index (χ1n) is 6.50. The fourth-order valence-corrected chi connectivity index (χ4v) is 2.27. The number of hydrogen-bond acceptors (Lipinski definition) is 1. The van der Waals surface area contributed by atoms with Crippen LogP contribution in [0, 0.1) is 5.92 Å². The van der Waals surface area contributed by atoms with Gasteiger partial charge in [-0.1, -0.05) is 45.0 Å². The van der Waals surface area contributed by atoms with Crippen molar-refractivity contribution in [2.24, 2.45) is 5.92 Å². The molecule has 0 heterocycles. The van der Waals surface area contributed by atoms with Crippen LogP contribution >= 0.6 is 11.6 Å². The van der Waals surface area contributed by atoms with Gasteiger partial charge in [-0.3, -0.25) is 4.79 Å². The van der Waals surface area contributed by atoms with E-state index in [1.54, 1.807) is 6.92 Å². The van der Waals surface area contributed by atoms with Crippen LogP contribution in [0.5, 0.6) is 0 Å². The van der Waals surface area contributed by atoms with Gasteiger partial charge in [0.2, 0.25) is 0 Å². The lowest BCUT2D eigenvalue weighted by Gasteiger charge is -2.19. The third-order valence-electron chi connectivity index (χ3n) is 3.33. The predicted octanol–water partition coefficient (Wildman–Crippen LogP) is 4.36. The highest BCUT2D eigenvalue weighted by Crippen LogP contribution is 2.23. The molecule has 0 saturated carbocycles. The van der Waals surface area contributed by atoms with Crippen molar-refractivity contribution in [3.8, 4) is 0 Å². The number of hydrogen-bond donors (Lipinski definition) is 0. The number of carbonyl (C=O) groups is 1. The molecule has 1 rings (SSSR count). The fraction of sp³-hybridized carbons (Fsp3) is 0.562. The normalized spacial score (nSPS) is 13.4. The van der Waals surface area contributed by atoms with E-state index in [9.17, 15) is 4.79 Å².